The summed E-state index contributed by atoms with van der Waals surface area (Å²) in [6.07, 6.45) is 3.72. The number of hydrogen-bond acceptors (Lipinski definition) is 11. The molecule has 14 nitrogen and oxygen atoms in total. The number of fused-ring (bicyclic) bond motifs is 2. The Hall–Kier alpha value is -6.36. The highest BCUT2D eigenvalue weighted by Crippen LogP contribution is 2.45. The highest BCUT2D eigenvalue weighted by Gasteiger charge is 2.37. The molecule has 3 atom stereocenters. The first-order valence-corrected chi connectivity index (χ1v) is 23.1. The molecule has 4 aromatic heterocycles. The van der Waals surface area contributed by atoms with Crippen molar-refractivity contribution in [2.75, 3.05) is 34.4 Å². The standard InChI is InChI=1S/C46H50N8O4S2.C2H4O2/c1-6-20-53(44(55)40(47-4)30-11-8-7-9-12-30)24-38-48-23-36(49-38)29-16-14-28(15-17-29)32-25-59-42-33(26-60-41(32)42)31-18-19-34-35(22-31)51-43(50-34)37-13-10-21-54(37)45(56)39(27(2)3)52-46(57)58-5;1-4-2-3/h7-9,11-12,14-19,22-23,25-27,37,39-40,47H,6,10,13,20-21,24H2,1-5H3,(H,48,49)(H,50,51)(H,52,57);2H,1H3. The maximum Gasteiger partial charge on any atom is 0.407 e. The summed E-state index contributed by atoms with van der Waals surface area (Å²) in [5.74, 6) is 1.30. The van der Waals surface area contributed by atoms with E-state index in [-0.39, 0.29) is 23.8 Å². The molecular formula is C48H54N8O6S2. The lowest BCUT2D eigenvalue weighted by atomic mass is 10.0. The zero-order valence-corrected chi connectivity index (χ0v) is 38.5. The van der Waals surface area contributed by atoms with Gasteiger partial charge in [-0.15, -0.1) is 22.7 Å². The number of H-pyrrole nitrogens is 2. The number of nitrogens with zero attached hydrogens (tertiary/aromatic N) is 4. The maximum absolute atomic E-state index is 13.7. The Kier molecular flexibility index (Phi) is 14.9. The lowest BCUT2D eigenvalue weighted by Crippen LogP contribution is -2.51. The number of ether oxygens (including phenoxy) is 2. The van der Waals surface area contributed by atoms with Crippen LogP contribution in [0, 0.1) is 5.92 Å². The highest BCUT2D eigenvalue weighted by atomic mass is 32.1. The Balaban J connectivity index is 0.00000147. The van der Waals surface area contributed by atoms with Crippen LogP contribution in [0.15, 0.2) is 89.8 Å². The van der Waals surface area contributed by atoms with E-state index in [0.29, 0.717) is 26.1 Å². The summed E-state index contributed by atoms with van der Waals surface area (Å²) in [7, 11) is 4.43. The van der Waals surface area contributed by atoms with E-state index in [9.17, 15) is 14.4 Å². The van der Waals surface area contributed by atoms with Gasteiger partial charge in [-0.3, -0.25) is 14.4 Å². The van der Waals surface area contributed by atoms with Gasteiger partial charge in [-0.25, -0.2) is 14.8 Å². The smallest absolute Gasteiger partial charge is 0.407 e. The van der Waals surface area contributed by atoms with E-state index in [1.54, 1.807) is 22.7 Å². The van der Waals surface area contributed by atoms with Gasteiger partial charge >= 0.3 is 6.09 Å². The van der Waals surface area contributed by atoms with Crippen molar-refractivity contribution in [2.24, 2.45) is 5.92 Å². The number of methoxy groups -OCH3 is 2. The molecule has 3 aromatic carbocycles. The van der Waals surface area contributed by atoms with Gasteiger partial charge in [0.2, 0.25) is 11.8 Å². The molecule has 1 aliphatic heterocycles. The predicted octanol–water partition coefficient (Wildman–Crippen LogP) is 9.10. The summed E-state index contributed by atoms with van der Waals surface area (Å²) in [4.78, 5) is 68.6. The van der Waals surface area contributed by atoms with Gasteiger partial charge in [0.15, 0.2) is 0 Å². The molecular weight excluding hydrogens is 849 g/mol. The summed E-state index contributed by atoms with van der Waals surface area (Å²) in [5.41, 5.74) is 9.26. The van der Waals surface area contributed by atoms with Gasteiger partial charge in [-0.05, 0) is 66.6 Å². The number of alkyl carbamates (subject to hydrolysis) is 1. The minimum Gasteiger partial charge on any atom is -0.471 e. The number of likely N-dealkylation sites (N-methyl/N-ethyl adjacent to an activating group) is 1. The van der Waals surface area contributed by atoms with E-state index >= 15 is 0 Å². The van der Waals surface area contributed by atoms with Crippen molar-refractivity contribution in [2.45, 2.75) is 64.7 Å². The Labute approximate surface area is 380 Å². The van der Waals surface area contributed by atoms with Gasteiger partial charge in [-0.2, -0.15) is 0 Å². The SMILES string of the molecule is CCCN(Cc1ncc(-c2ccc(-c3csc4c(-c5ccc6nc(C7CCCN7C(=O)C(NC(=O)OC)C(C)C)[nH]c6c5)csc34)cc2)[nH]1)C(=O)C(NC)c1ccccc1.COC=O. The van der Waals surface area contributed by atoms with Gasteiger partial charge in [0.25, 0.3) is 6.47 Å². The largest absolute Gasteiger partial charge is 0.471 e. The molecule has 64 heavy (non-hydrogen) atoms. The number of rotatable bonds is 15. The molecule has 16 heteroatoms. The van der Waals surface area contributed by atoms with Crippen LogP contribution >= 0.6 is 22.7 Å². The number of imidazole rings is 2. The van der Waals surface area contributed by atoms with Gasteiger partial charge in [-0.1, -0.05) is 81.4 Å². The molecule has 3 amide bonds. The molecule has 1 saturated heterocycles. The number of likely N-dealkylation sites (tertiary alicyclic amines) is 1. The fourth-order valence-electron chi connectivity index (χ4n) is 8.16. The van der Waals surface area contributed by atoms with Crippen LogP contribution < -0.4 is 10.6 Å². The van der Waals surface area contributed by atoms with Crippen LogP contribution in [-0.2, 0) is 30.4 Å². The molecule has 5 heterocycles. The molecule has 1 fully saturated rings. The number of hydrogen-bond donors (Lipinski definition) is 4. The lowest BCUT2D eigenvalue weighted by molar-refractivity contribution is -0.135. The number of carbonyl (C=O) groups is 4. The van der Waals surface area contributed by atoms with Crippen molar-refractivity contribution >= 4 is 67.5 Å². The molecule has 0 saturated carbocycles. The lowest BCUT2D eigenvalue weighted by Gasteiger charge is -2.29. The molecule has 4 N–H and O–H groups in total. The fraction of sp³-hybridized carbons (Fsp3) is 0.333. The van der Waals surface area contributed by atoms with Crippen LogP contribution in [0.25, 0.3) is 53.9 Å². The summed E-state index contributed by atoms with van der Waals surface area (Å²) >= 11 is 3.50. The first kappa shape index (κ1) is 45.7. The second-order valence-electron chi connectivity index (χ2n) is 15.9. The topological polar surface area (TPSA) is 175 Å². The van der Waals surface area contributed by atoms with Crippen molar-refractivity contribution in [1.29, 1.82) is 0 Å². The Morgan fingerprint density at radius 2 is 1.62 bits per heavy atom. The van der Waals surface area contributed by atoms with E-state index in [4.69, 9.17) is 14.5 Å². The number of amides is 3. The van der Waals surface area contributed by atoms with E-state index < -0.39 is 18.2 Å². The summed E-state index contributed by atoms with van der Waals surface area (Å²) < 4.78 is 11.1. The number of carbonyl (C=O) groups excluding carboxylic acids is 4. The first-order valence-electron chi connectivity index (χ1n) is 21.3. The number of aromatic amines is 2. The fourth-order valence-corrected chi connectivity index (χ4v) is 10.6. The van der Waals surface area contributed by atoms with Crippen molar-refractivity contribution < 1.29 is 28.7 Å². The second kappa shape index (κ2) is 20.9. The minimum atomic E-state index is -0.683. The Bertz CT molecular complexity index is 2690. The van der Waals surface area contributed by atoms with E-state index in [0.717, 1.165) is 69.9 Å². The van der Waals surface area contributed by atoms with Gasteiger partial charge in [0, 0.05) is 35.0 Å². The summed E-state index contributed by atoms with van der Waals surface area (Å²) in [6.45, 7) is 7.92. The first-order chi connectivity index (χ1) is 31.1. The van der Waals surface area contributed by atoms with E-state index in [2.05, 4.69) is 84.4 Å². The average molecular weight is 903 g/mol. The zero-order chi connectivity index (χ0) is 45.3. The van der Waals surface area contributed by atoms with Crippen molar-refractivity contribution in [3.05, 3.63) is 107 Å². The van der Waals surface area contributed by atoms with Gasteiger partial charge < -0.3 is 39.9 Å². The van der Waals surface area contributed by atoms with Crippen molar-refractivity contribution in [1.82, 2.24) is 40.4 Å². The van der Waals surface area contributed by atoms with Crippen LogP contribution in [0.5, 0.6) is 0 Å². The number of thiophene rings is 2. The zero-order valence-electron chi connectivity index (χ0n) is 36.8. The molecule has 8 rings (SSSR count). The molecule has 1 aliphatic rings. The van der Waals surface area contributed by atoms with Crippen LogP contribution in [0.1, 0.15) is 69.3 Å². The Morgan fingerprint density at radius 1 is 0.953 bits per heavy atom. The average Bonchev–Trinajstić information content (AvgIpc) is 4.18. The van der Waals surface area contributed by atoms with Crippen LogP contribution in [0.3, 0.4) is 0 Å². The summed E-state index contributed by atoms with van der Waals surface area (Å²) in [6, 6.07) is 23.4. The molecule has 0 bridgehead atoms. The third-order valence-corrected chi connectivity index (χ3v) is 13.5. The third kappa shape index (κ3) is 9.88. The van der Waals surface area contributed by atoms with Crippen molar-refractivity contribution in [3.63, 3.8) is 0 Å². The minimum absolute atomic E-state index is 0.0245. The normalized spacial score (nSPS) is 14.5. The number of benzene rings is 3. The molecule has 3 unspecified atom stereocenters. The molecule has 0 radical (unpaired) electrons. The van der Waals surface area contributed by atoms with Crippen LogP contribution in [0.2, 0.25) is 0 Å². The third-order valence-electron chi connectivity index (χ3n) is 11.4. The Morgan fingerprint density at radius 3 is 2.27 bits per heavy atom. The predicted molar refractivity (Wildman–Crippen MR) is 253 cm³/mol. The molecule has 334 valence electrons. The quantitative estimate of drug-likeness (QED) is 0.0732. The van der Waals surface area contributed by atoms with E-state index in [1.165, 1.54) is 34.7 Å². The monoisotopic (exact) mass is 902 g/mol. The van der Waals surface area contributed by atoms with Gasteiger partial charge in [0.05, 0.1) is 59.1 Å². The number of aromatic nitrogens is 4. The van der Waals surface area contributed by atoms with E-state index in [1.807, 2.05) is 73.3 Å². The van der Waals surface area contributed by atoms with Crippen LogP contribution in [0.4, 0.5) is 4.79 Å². The second-order valence-corrected chi connectivity index (χ2v) is 17.7. The maximum atomic E-state index is 13.7. The molecule has 0 aliphatic carbocycles. The summed E-state index contributed by atoms with van der Waals surface area (Å²) in [5, 5.41) is 10.4. The van der Waals surface area contributed by atoms with Crippen LogP contribution in [-0.4, -0.2) is 94.5 Å². The van der Waals surface area contributed by atoms with Crippen molar-refractivity contribution in [3.8, 4) is 33.5 Å². The molecule has 0 spiro atoms. The molecule has 7 aromatic rings. The van der Waals surface area contributed by atoms with Gasteiger partial charge in [0.1, 0.15) is 23.7 Å². The number of nitrogens with one attached hydrogen (secondary N) is 4. The highest BCUT2D eigenvalue weighted by molar-refractivity contribution is 7.27.